The van der Waals surface area contributed by atoms with Crippen LogP contribution in [-0.2, 0) is 6.54 Å². The zero-order chi connectivity index (χ0) is 19.5. The number of hydrogen-bond donors (Lipinski definition) is 2. The minimum absolute atomic E-state index is 0.0616. The molecule has 2 fully saturated rings. The standard InChI is InChI=1S/C19H26FN5O2/c1-19(2,21)12-7-8-23(10-12)14-6-5-13-16(15(14)20)24(9-11-3-4-11)18(27)25(22)17(13)26/h5-6,11-12H,3-4,7-10,21-22H2,1-2H3/t12-/m0/s1. The summed E-state index contributed by atoms with van der Waals surface area (Å²) in [6.45, 7) is 5.68. The monoisotopic (exact) mass is 375 g/mol. The smallest absolute Gasteiger partial charge is 0.350 e. The van der Waals surface area contributed by atoms with Crippen LogP contribution in [0.1, 0.15) is 33.1 Å². The maximum atomic E-state index is 15.5. The van der Waals surface area contributed by atoms with Crippen molar-refractivity contribution in [1.29, 1.82) is 0 Å². The van der Waals surface area contributed by atoms with E-state index >= 15 is 4.39 Å². The maximum Gasteiger partial charge on any atom is 0.350 e. The van der Waals surface area contributed by atoms with Gasteiger partial charge in [0.25, 0.3) is 5.56 Å². The molecule has 1 aromatic carbocycles. The molecule has 8 heteroatoms. The van der Waals surface area contributed by atoms with Gasteiger partial charge < -0.3 is 16.5 Å². The first kappa shape index (κ1) is 18.0. The highest BCUT2D eigenvalue weighted by Gasteiger charge is 2.34. The zero-order valence-electron chi connectivity index (χ0n) is 15.7. The Morgan fingerprint density at radius 1 is 1.22 bits per heavy atom. The fourth-order valence-corrected chi connectivity index (χ4v) is 3.99. The molecule has 2 aliphatic rings. The van der Waals surface area contributed by atoms with E-state index in [1.807, 2.05) is 18.7 Å². The number of fused-ring (bicyclic) bond motifs is 1. The molecule has 0 bridgehead atoms. The van der Waals surface area contributed by atoms with E-state index in [4.69, 9.17) is 11.6 Å². The van der Waals surface area contributed by atoms with Gasteiger partial charge in [-0.1, -0.05) is 0 Å². The molecule has 146 valence electrons. The van der Waals surface area contributed by atoms with Crippen molar-refractivity contribution >= 4 is 16.6 Å². The highest BCUT2D eigenvalue weighted by molar-refractivity contribution is 5.83. The number of nitrogen functional groups attached to an aromatic ring is 1. The van der Waals surface area contributed by atoms with Crippen molar-refractivity contribution < 1.29 is 4.39 Å². The van der Waals surface area contributed by atoms with Crippen molar-refractivity contribution in [2.24, 2.45) is 17.6 Å². The van der Waals surface area contributed by atoms with Gasteiger partial charge in [-0.25, -0.2) is 9.18 Å². The Bertz CT molecular complexity index is 1020. The van der Waals surface area contributed by atoms with E-state index in [9.17, 15) is 9.59 Å². The molecule has 2 aromatic rings. The van der Waals surface area contributed by atoms with Crippen molar-refractivity contribution in [2.45, 2.75) is 45.2 Å². The molecular formula is C19H26FN5O2. The second kappa shape index (κ2) is 6.09. The lowest BCUT2D eigenvalue weighted by molar-refractivity contribution is 0.348. The molecule has 4 N–H and O–H groups in total. The number of nitrogens with two attached hydrogens (primary N) is 2. The summed E-state index contributed by atoms with van der Waals surface area (Å²) in [5, 5.41) is 0.133. The Kier molecular flexibility index (Phi) is 4.06. The molecule has 1 atom stereocenters. The second-order valence-electron chi connectivity index (χ2n) is 8.56. The number of halogens is 1. The zero-order valence-corrected chi connectivity index (χ0v) is 15.7. The van der Waals surface area contributed by atoms with Crippen LogP contribution in [0.15, 0.2) is 21.7 Å². The number of benzene rings is 1. The minimum atomic E-state index is -0.671. The Morgan fingerprint density at radius 3 is 2.52 bits per heavy atom. The van der Waals surface area contributed by atoms with Crippen molar-refractivity contribution in [3.05, 3.63) is 38.8 Å². The topological polar surface area (TPSA) is 99.3 Å². The number of rotatable bonds is 4. The van der Waals surface area contributed by atoms with Gasteiger partial charge in [0.15, 0.2) is 5.82 Å². The van der Waals surface area contributed by atoms with Gasteiger partial charge in [-0.2, -0.15) is 4.68 Å². The van der Waals surface area contributed by atoms with Crippen LogP contribution >= 0.6 is 0 Å². The lowest BCUT2D eigenvalue weighted by atomic mass is 9.88. The molecule has 0 amide bonds. The first-order valence-electron chi connectivity index (χ1n) is 9.45. The molecule has 27 heavy (non-hydrogen) atoms. The molecule has 4 rings (SSSR count). The Labute approximate surface area is 156 Å². The van der Waals surface area contributed by atoms with E-state index in [-0.39, 0.29) is 22.4 Å². The van der Waals surface area contributed by atoms with E-state index < -0.39 is 17.1 Å². The molecule has 1 aromatic heterocycles. The summed E-state index contributed by atoms with van der Waals surface area (Å²) in [6.07, 6.45) is 2.87. The van der Waals surface area contributed by atoms with Gasteiger partial charge in [-0.15, -0.1) is 0 Å². The molecule has 1 aliphatic carbocycles. The third kappa shape index (κ3) is 3.01. The van der Waals surface area contributed by atoms with Crippen LogP contribution < -0.4 is 27.7 Å². The van der Waals surface area contributed by atoms with Gasteiger partial charge in [-0.3, -0.25) is 9.36 Å². The average molecular weight is 375 g/mol. The highest BCUT2D eigenvalue weighted by atomic mass is 19.1. The van der Waals surface area contributed by atoms with Crippen LogP contribution in [0.3, 0.4) is 0 Å². The molecule has 1 aliphatic heterocycles. The van der Waals surface area contributed by atoms with Crippen molar-refractivity contribution in [3.63, 3.8) is 0 Å². The van der Waals surface area contributed by atoms with Gasteiger partial charge >= 0.3 is 5.69 Å². The Hall–Kier alpha value is -2.35. The first-order chi connectivity index (χ1) is 12.7. The molecule has 1 saturated heterocycles. The van der Waals surface area contributed by atoms with Gasteiger partial charge in [-0.05, 0) is 57.1 Å². The minimum Gasteiger partial charge on any atom is -0.369 e. The highest BCUT2D eigenvalue weighted by Crippen LogP contribution is 2.34. The lowest BCUT2D eigenvalue weighted by Crippen LogP contribution is -2.45. The lowest BCUT2D eigenvalue weighted by Gasteiger charge is -2.27. The average Bonchev–Trinajstić information content (AvgIpc) is 3.28. The maximum absolute atomic E-state index is 15.5. The van der Waals surface area contributed by atoms with Crippen LogP contribution in [-0.4, -0.2) is 27.9 Å². The Balaban J connectivity index is 1.85. The van der Waals surface area contributed by atoms with Gasteiger partial charge in [0, 0.05) is 25.2 Å². The summed E-state index contributed by atoms with van der Waals surface area (Å²) < 4.78 is 17.4. The third-order valence-corrected chi connectivity index (χ3v) is 5.97. The van der Waals surface area contributed by atoms with Crippen LogP contribution in [0.25, 0.3) is 10.9 Å². The summed E-state index contributed by atoms with van der Waals surface area (Å²) in [5.74, 6) is 5.70. The van der Waals surface area contributed by atoms with Gasteiger partial charge in [0.1, 0.15) is 0 Å². The number of aromatic nitrogens is 2. The van der Waals surface area contributed by atoms with E-state index in [0.29, 0.717) is 35.9 Å². The Morgan fingerprint density at radius 2 is 1.93 bits per heavy atom. The fourth-order valence-electron chi connectivity index (χ4n) is 3.99. The molecule has 7 nitrogen and oxygen atoms in total. The van der Waals surface area contributed by atoms with Crippen LogP contribution in [0.4, 0.5) is 10.1 Å². The summed E-state index contributed by atoms with van der Waals surface area (Å²) in [6, 6.07) is 3.18. The summed E-state index contributed by atoms with van der Waals surface area (Å²) in [7, 11) is 0. The molecule has 0 radical (unpaired) electrons. The fraction of sp³-hybridized carbons (Fsp3) is 0.579. The van der Waals surface area contributed by atoms with E-state index in [1.165, 1.54) is 4.57 Å². The van der Waals surface area contributed by atoms with Crippen molar-refractivity contribution in [2.75, 3.05) is 23.8 Å². The third-order valence-electron chi connectivity index (χ3n) is 5.97. The van der Waals surface area contributed by atoms with Gasteiger partial charge in [0.05, 0.1) is 16.6 Å². The summed E-state index contributed by atoms with van der Waals surface area (Å²) in [4.78, 5) is 26.9. The number of hydrogen-bond acceptors (Lipinski definition) is 5. The van der Waals surface area contributed by atoms with E-state index in [1.54, 1.807) is 12.1 Å². The number of nitrogens with zero attached hydrogens (tertiary/aromatic N) is 3. The predicted molar refractivity (Wildman–Crippen MR) is 104 cm³/mol. The largest absolute Gasteiger partial charge is 0.369 e. The number of anilines is 1. The summed E-state index contributed by atoms with van der Waals surface area (Å²) in [5.41, 5.74) is 5.02. The quantitative estimate of drug-likeness (QED) is 0.777. The van der Waals surface area contributed by atoms with E-state index in [2.05, 4.69) is 0 Å². The SMILES string of the molecule is CC(C)(N)[C@H]1CCN(c2ccc3c(=O)n(N)c(=O)n(CC4CC4)c3c2F)C1. The van der Waals surface area contributed by atoms with Gasteiger partial charge in [0.2, 0.25) is 0 Å². The molecule has 0 spiro atoms. The van der Waals surface area contributed by atoms with Crippen LogP contribution in [0, 0.1) is 17.7 Å². The second-order valence-corrected chi connectivity index (χ2v) is 8.56. The molecule has 0 unspecified atom stereocenters. The van der Waals surface area contributed by atoms with Crippen LogP contribution in [0.2, 0.25) is 0 Å². The summed E-state index contributed by atoms with van der Waals surface area (Å²) >= 11 is 0. The molecular weight excluding hydrogens is 349 g/mol. The van der Waals surface area contributed by atoms with Crippen molar-refractivity contribution in [3.8, 4) is 0 Å². The van der Waals surface area contributed by atoms with Crippen molar-refractivity contribution in [1.82, 2.24) is 9.24 Å². The predicted octanol–water partition coefficient (Wildman–Crippen LogP) is 0.990. The first-order valence-corrected chi connectivity index (χ1v) is 9.45. The normalized spacial score (nSPS) is 20.6. The molecule has 1 saturated carbocycles. The molecule has 2 heterocycles. The van der Waals surface area contributed by atoms with E-state index in [0.717, 1.165) is 19.3 Å². The van der Waals surface area contributed by atoms with Crippen LogP contribution in [0.5, 0.6) is 0 Å².